The molecule has 1 atom stereocenters. The Hall–Kier alpha value is -1.09. The summed E-state index contributed by atoms with van der Waals surface area (Å²) in [6, 6.07) is 5.00. The molecule has 3 heteroatoms. The van der Waals surface area contributed by atoms with E-state index in [1.54, 1.807) is 12.1 Å². The first-order valence-electron chi connectivity index (χ1n) is 7.50. The second-order valence-electron chi connectivity index (χ2n) is 6.94. The van der Waals surface area contributed by atoms with Gasteiger partial charge in [0.15, 0.2) is 0 Å². The van der Waals surface area contributed by atoms with E-state index in [-0.39, 0.29) is 17.6 Å². The van der Waals surface area contributed by atoms with Gasteiger partial charge in [-0.15, -0.1) is 0 Å². The Balaban J connectivity index is 2.07. The Kier molecular flexibility index (Phi) is 4.38. The maximum atomic E-state index is 14.0. The number of phenols is 1. The van der Waals surface area contributed by atoms with E-state index in [0.29, 0.717) is 17.0 Å². The fraction of sp³-hybridized carbons (Fsp3) is 0.647. The van der Waals surface area contributed by atoms with Crippen LogP contribution in [-0.4, -0.2) is 23.1 Å². The van der Waals surface area contributed by atoms with Crippen LogP contribution in [0.25, 0.3) is 0 Å². The van der Waals surface area contributed by atoms with Gasteiger partial charge in [-0.2, -0.15) is 0 Å². The van der Waals surface area contributed by atoms with Gasteiger partial charge in [0.05, 0.1) is 0 Å². The van der Waals surface area contributed by atoms with E-state index >= 15 is 0 Å². The van der Waals surface area contributed by atoms with Gasteiger partial charge in [0.25, 0.3) is 0 Å². The van der Waals surface area contributed by atoms with E-state index in [1.807, 2.05) is 6.92 Å². The summed E-state index contributed by atoms with van der Waals surface area (Å²) < 4.78 is 14.0. The average molecular weight is 279 g/mol. The molecule has 0 aromatic heterocycles. The van der Waals surface area contributed by atoms with E-state index in [2.05, 4.69) is 25.8 Å². The number of phenolic OH excluding ortho intramolecular Hbond substituents is 1. The van der Waals surface area contributed by atoms with E-state index in [4.69, 9.17) is 0 Å². The minimum atomic E-state index is -0.319. The van der Waals surface area contributed by atoms with Gasteiger partial charge in [0.1, 0.15) is 11.6 Å². The highest BCUT2D eigenvalue weighted by Gasteiger charge is 2.31. The summed E-state index contributed by atoms with van der Waals surface area (Å²) in [5, 5.41) is 9.31. The van der Waals surface area contributed by atoms with Gasteiger partial charge in [0.2, 0.25) is 0 Å². The van der Waals surface area contributed by atoms with E-state index in [9.17, 15) is 9.50 Å². The molecule has 0 heterocycles. The molecule has 1 aliphatic carbocycles. The molecule has 1 fully saturated rings. The molecule has 2 rings (SSSR count). The summed E-state index contributed by atoms with van der Waals surface area (Å²) >= 11 is 0. The SMILES string of the molecule is CC(c1ccc(O)cc1F)N(C)C1CCC(C)(C)CC1. The summed E-state index contributed by atoms with van der Waals surface area (Å²) in [5.74, 6) is -0.332. The van der Waals surface area contributed by atoms with Gasteiger partial charge in [-0.25, -0.2) is 4.39 Å². The van der Waals surface area contributed by atoms with Gasteiger partial charge in [-0.1, -0.05) is 19.9 Å². The van der Waals surface area contributed by atoms with Gasteiger partial charge in [-0.3, -0.25) is 4.90 Å². The third-order valence-corrected chi connectivity index (χ3v) is 4.93. The lowest BCUT2D eigenvalue weighted by Gasteiger charge is -2.41. The molecule has 0 radical (unpaired) electrons. The summed E-state index contributed by atoms with van der Waals surface area (Å²) in [6.45, 7) is 6.69. The van der Waals surface area contributed by atoms with Crippen molar-refractivity contribution in [1.82, 2.24) is 4.90 Å². The van der Waals surface area contributed by atoms with Crippen LogP contribution < -0.4 is 0 Å². The van der Waals surface area contributed by atoms with E-state index in [0.717, 1.165) is 0 Å². The summed E-state index contributed by atoms with van der Waals surface area (Å²) in [7, 11) is 2.08. The highest BCUT2D eigenvalue weighted by atomic mass is 19.1. The van der Waals surface area contributed by atoms with Gasteiger partial charge < -0.3 is 5.11 Å². The molecular formula is C17H26FNO. The second kappa shape index (κ2) is 5.72. The van der Waals surface area contributed by atoms with Crippen molar-refractivity contribution in [3.8, 4) is 5.75 Å². The first kappa shape index (κ1) is 15.3. The van der Waals surface area contributed by atoms with Crippen molar-refractivity contribution < 1.29 is 9.50 Å². The highest BCUT2D eigenvalue weighted by Crippen LogP contribution is 2.38. The molecule has 2 nitrogen and oxygen atoms in total. The van der Waals surface area contributed by atoms with Crippen molar-refractivity contribution in [2.24, 2.45) is 5.41 Å². The zero-order chi connectivity index (χ0) is 14.9. The molecule has 1 unspecified atom stereocenters. The fourth-order valence-electron chi connectivity index (χ4n) is 3.18. The summed E-state index contributed by atoms with van der Waals surface area (Å²) in [5.41, 5.74) is 1.11. The molecule has 0 spiro atoms. The monoisotopic (exact) mass is 279 g/mol. The van der Waals surface area contributed by atoms with Crippen LogP contribution in [0.5, 0.6) is 5.75 Å². The Morgan fingerprint density at radius 3 is 2.45 bits per heavy atom. The molecule has 0 bridgehead atoms. The van der Waals surface area contributed by atoms with Crippen LogP contribution in [0.2, 0.25) is 0 Å². The summed E-state index contributed by atoms with van der Waals surface area (Å²) in [4.78, 5) is 2.28. The molecule has 1 aromatic carbocycles. The molecule has 1 aliphatic rings. The van der Waals surface area contributed by atoms with Crippen LogP contribution in [-0.2, 0) is 0 Å². The first-order valence-corrected chi connectivity index (χ1v) is 7.50. The van der Waals surface area contributed by atoms with Crippen molar-refractivity contribution in [1.29, 1.82) is 0 Å². The molecule has 0 aliphatic heterocycles. The maximum absolute atomic E-state index is 14.0. The topological polar surface area (TPSA) is 23.5 Å². The Bertz CT molecular complexity index is 462. The van der Waals surface area contributed by atoms with Crippen LogP contribution in [0.1, 0.15) is 58.1 Å². The smallest absolute Gasteiger partial charge is 0.131 e. The standard InChI is InChI=1S/C17H26FNO/c1-12(15-6-5-14(20)11-16(15)18)19(4)13-7-9-17(2,3)10-8-13/h5-6,11-13,20H,7-10H2,1-4H3. The van der Waals surface area contributed by atoms with Crippen LogP contribution in [0.15, 0.2) is 18.2 Å². The number of halogens is 1. The lowest BCUT2D eigenvalue weighted by Crippen LogP contribution is -2.38. The van der Waals surface area contributed by atoms with Crippen molar-refractivity contribution in [3.63, 3.8) is 0 Å². The maximum Gasteiger partial charge on any atom is 0.131 e. The quantitative estimate of drug-likeness (QED) is 0.881. The van der Waals surface area contributed by atoms with E-state index in [1.165, 1.54) is 31.7 Å². The highest BCUT2D eigenvalue weighted by molar-refractivity contribution is 5.29. The number of hydrogen-bond acceptors (Lipinski definition) is 2. The van der Waals surface area contributed by atoms with E-state index < -0.39 is 0 Å². The van der Waals surface area contributed by atoms with Crippen molar-refractivity contribution >= 4 is 0 Å². The normalized spacial score (nSPS) is 21.1. The predicted octanol–water partition coefficient (Wildman–Crippen LogP) is 4.49. The minimum Gasteiger partial charge on any atom is -0.508 e. The molecule has 112 valence electrons. The van der Waals surface area contributed by atoms with Crippen LogP contribution in [0.4, 0.5) is 4.39 Å². The number of rotatable bonds is 3. The van der Waals surface area contributed by atoms with Crippen molar-refractivity contribution in [3.05, 3.63) is 29.6 Å². The summed E-state index contributed by atoms with van der Waals surface area (Å²) in [6.07, 6.45) is 4.81. The third kappa shape index (κ3) is 3.32. The lowest BCUT2D eigenvalue weighted by atomic mass is 9.75. The molecule has 1 saturated carbocycles. The number of nitrogens with zero attached hydrogens (tertiary/aromatic N) is 1. The lowest BCUT2D eigenvalue weighted by molar-refractivity contribution is 0.0989. The van der Waals surface area contributed by atoms with Crippen LogP contribution >= 0.6 is 0 Å². The predicted molar refractivity (Wildman–Crippen MR) is 80.3 cm³/mol. The largest absolute Gasteiger partial charge is 0.508 e. The molecule has 1 N–H and O–H groups in total. The van der Waals surface area contributed by atoms with Crippen LogP contribution in [0, 0.1) is 11.2 Å². The molecule has 0 saturated heterocycles. The second-order valence-corrected chi connectivity index (χ2v) is 6.94. The molecule has 1 aromatic rings. The van der Waals surface area contributed by atoms with Gasteiger partial charge in [0, 0.05) is 23.7 Å². The molecule has 0 amide bonds. The Labute approximate surface area is 121 Å². The molecular weight excluding hydrogens is 253 g/mol. The van der Waals surface area contributed by atoms with Gasteiger partial charge in [-0.05, 0) is 51.1 Å². The van der Waals surface area contributed by atoms with Crippen molar-refractivity contribution in [2.75, 3.05) is 7.05 Å². The molecule has 20 heavy (non-hydrogen) atoms. The first-order chi connectivity index (χ1) is 9.30. The number of hydrogen-bond donors (Lipinski definition) is 1. The Morgan fingerprint density at radius 2 is 1.90 bits per heavy atom. The number of benzene rings is 1. The zero-order valence-electron chi connectivity index (χ0n) is 13.0. The average Bonchev–Trinajstić information content (AvgIpc) is 2.37. The van der Waals surface area contributed by atoms with Crippen molar-refractivity contribution in [2.45, 2.75) is 58.5 Å². The Morgan fingerprint density at radius 1 is 1.30 bits per heavy atom. The van der Waals surface area contributed by atoms with Gasteiger partial charge >= 0.3 is 0 Å². The third-order valence-electron chi connectivity index (χ3n) is 4.93. The van der Waals surface area contributed by atoms with Crippen LogP contribution in [0.3, 0.4) is 0 Å². The fourth-order valence-corrected chi connectivity index (χ4v) is 3.18. The zero-order valence-corrected chi connectivity index (χ0v) is 13.0. The number of aromatic hydroxyl groups is 1. The minimum absolute atomic E-state index is 0.0134.